The first kappa shape index (κ1) is 16.1. The number of halogens is 1. The topological polar surface area (TPSA) is 96.5 Å². The van der Waals surface area contributed by atoms with Crippen LogP contribution in [0, 0.1) is 11.3 Å². The van der Waals surface area contributed by atoms with Crippen LogP contribution in [0.4, 0.5) is 0 Å². The summed E-state index contributed by atoms with van der Waals surface area (Å²) in [4.78, 5) is 20.6. The molecule has 24 heavy (non-hydrogen) atoms. The molecule has 0 aliphatic rings. The summed E-state index contributed by atoms with van der Waals surface area (Å²) in [7, 11) is 0. The van der Waals surface area contributed by atoms with Gasteiger partial charge in [0.2, 0.25) is 0 Å². The van der Waals surface area contributed by atoms with E-state index in [9.17, 15) is 4.79 Å². The molecule has 3 aromatic rings. The van der Waals surface area contributed by atoms with Gasteiger partial charge in [0.15, 0.2) is 11.6 Å². The van der Waals surface area contributed by atoms with Crippen LogP contribution in [0.3, 0.4) is 0 Å². The van der Waals surface area contributed by atoms with Gasteiger partial charge in [-0.15, -0.1) is 11.3 Å². The summed E-state index contributed by atoms with van der Waals surface area (Å²) < 4.78 is 2.07. The highest BCUT2D eigenvalue weighted by atomic mass is 35.5. The molecule has 0 spiro atoms. The molecule has 0 saturated carbocycles. The van der Waals surface area contributed by atoms with Gasteiger partial charge in [-0.3, -0.25) is 4.79 Å². The predicted octanol–water partition coefficient (Wildman–Crippen LogP) is 2.74. The van der Waals surface area contributed by atoms with E-state index in [0.29, 0.717) is 27.1 Å². The fourth-order valence-corrected chi connectivity index (χ4v) is 2.93. The highest BCUT2D eigenvalue weighted by Crippen LogP contribution is 2.21. The molecule has 0 radical (unpaired) electrons. The molecule has 0 aliphatic carbocycles. The first-order valence-electron chi connectivity index (χ1n) is 6.90. The van der Waals surface area contributed by atoms with Gasteiger partial charge in [-0.25, -0.2) is 9.97 Å². The van der Waals surface area contributed by atoms with E-state index in [1.165, 1.54) is 28.5 Å². The van der Waals surface area contributed by atoms with Crippen molar-refractivity contribution in [1.82, 2.24) is 25.1 Å². The molecule has 0 saturated heterocycles. The van der Waals surface area contributed by atoms with Crippen LogP contribution in [-0.4, -0.2) is 25.7 Å². The number of nitriles is 1. The Labute approximate surface area is 146 Å². The monoisotopic (exact) mass is 358 g/mol. The molecule has 0 unspecified atom stereocenters. The van der Waals surface area contributed by atoms with Crippen LogP contribution in [0.2, 0.25) is 4.34 Å². The number of carbonyl (C=O) groups is 1. The van der Waals surface area contributed by atoms with Crippen LogP contribution in [0.25, 0.3) is 5.82 Å². The van der Waals surface area contributed by atoms with Crippen LogP contribution in [0.15, 0.2) is 36.1 Å². The highest BCUT2D eigenvalue weighted by molar-refractivity contribution is 7.14. The Hall–Kier alpha value is -2.76. The van der Waals surface area contributed by atoms with Crippen molar-refractivity contribution >= 4 is 28.8 Å². The lowest BCUT2D eigenvalue weighted by Gasteiger charge is -2.13. The Bertz CT molecular complexity index is 911. The Morgan fingerprint density at radius 1 is 1.46 bits per heavy atom. The zero-order chi connectivity index (χ0) is 17.1. The molecule has 3 aromatic heterocycles. The molecule has 0 aromatic carbocycles. The van der Waals surface area contributed by atoms with Crippen LogP contribution >= 0.6 is 22.9 Å². The maximum atomic E-state index is 12.2. The minimum Gasteiger partial charge on any atom is -0.342 e. The van der Waals surface area contributed by atoms with Gasteiger partial charge >= 0.3 is 0 Å². The predicted molar refractivity (Wildman–Crippen MR) is 89.1 cm³/mol. The average Bonchev–Trinajstić information content (AvgIpc) is 3.24. The molecular formula is C15H11ClN6OS. The van der Waals surface area contributed by atoms with Gasteiger partial charge in [-0.2, -0.15) is 15.0 Å². The van der Waals surface area contributed by atoms with Crippen LogP contribution in [-0.2, 0) is 0 Å². The summed E-state index contributed by atoms with van der Waals surface area (Å²) in [5.41, 5.74) is 0.954. The number of thiophene rings is 1. The smallest absolute Gasteiger partial charge is 0.252 e. The molecule has 7 nitrogen and oxygen atoms in total. The van der Waals surface area contributed by atoms with E-state index in [-0.39, 0.29) is 5.91 Å². The highest BCUT2D eigenvalue weighted by Gasteiger charge is 2.18. The van der Waals surface area contributed by atoms with E-state index in [1.54, 1.807) is 30.5 Å². The third-order valence-electron chi connectivity index (χ3n) is 3.23. The lowest BCUT2D eigenvalue weighted by Crippen LogP contribution is -2.28. The number of aromatic nitrogens is 4. The number of rotatable bonds is 4. The maximum absolute atomic E-state index is 12.2. The Kier molecular flexibility index (Phi) is 4.55. The summed E-state index contributed by atoms with van der Waals surface area (Å²) >= 11 is 7.15. The molecule has 9 heteroatoms. The van der Waals surface area contributed by atoms with Crippen molar-refractivity contribution in [3.05, 3.63) is 57.4 Å². The number of amides is 1. The minimum absolute atomic E-state index is 0.243. The maximum Gasteiger partial charge on any atom is 0.252 e. The Balaban J connectivity index is 1.81. The Morgan fingerprint density at radius 3 is 2.92 bits per heavy atom. The van der Waals surface area contributed by atoms with E-state index >= 15 is 0 Å². The third-order valence-corrected chi connectivity index (χ3v) is 4.32. The van der Waals surface area contributed by atoms with E-state index < -0.39 is 6.04 Å². The normalized spacial score (nSPS) is 11.7. The van der Waals surface area contributed by atoms with Gasteiger partial charge in [0.1, 0.15) is 12.4 Å². The lowest BCUT2D eigenvalue weighted by atomic mass is 10.2. The second kappa shape index (κ2) is 6.78. The molecule has 1 atom stereocenters. The summed E-state index contributed by atoms with van der Waals surface area (Å²) in [6, 6.07) is 6.54. The molecule has 3 rings (SSSR count). The summed E-state index contributed by atoms with van der Waals surface area (Å²) in [6.07, 6.45) is 2.84. The van der Waals surface area contributed by atoms with E-state index in [0.717, 1.165) is 0 Å². The SMILES string of the molecule is C[C@@H](NC(=O)c1csc(Cl)c1)c1ncnn1-c1ccc(C#N)cn1. The van der Waals surface area contributed by atoms with E-state index in [1.807, 2.05) is 6.07 Å². The van der Waals surface area contributed by atoms with Crippen molar-refractivity contribution < 1.29 is 4.79 Å². The number of nitrogens with one attached hydrogen (secondary N) is 1. The zero-order valence-electron chi connectivity index (χ0n) is 12.5. The molecular weight excluding hydrogens is 348 g/mol. The van der Waals surface area contributed by atoms with Crippen molar-refractivity contribution in [3.63, 3.8) is 0 Å². The second-order valence-electron chi connectivity index (χ2n) is 4.88. The number of carbonyl (C=O) groups excluding carboxylic acids is 1. The molecule has 120 valence electrons. The number of hydrogen-bond acceptors (Lipinski definition) is 6. The van der Waals surface area contributed by atoms with Crippen molar-refractivity contribution in [3.8, 4) is 11.9 Å². The standard InChI is InChI=1S/C15H11ClN6OS/c1-9(21-15(23)11-4-12(16)24-7-11)14-19-8-20-22(14)13-3-2-10(5-17)6-18-13/h2-4,6-9H,1H3,(H,21,23)/t9-/m1/s1. The summed E-state index contributed by atoms with van der Waals surface area (Å²) in [6.45, 7) is 1.80. The van der Waals surface area contributed by atoms with Gasteiger partial charge in [0, 0.05) is 11.6 Å². The number of pyridine rings is 1. The zero-order valence-corrected chi connectivity index (χ0v) is 14.0. The fourth-order valence-electron chi connectivity index (χ4n) is 2.07. The molecule has 0 aliphatic heterocycles. The van der Waals surface area contributed by atoms with Gasteiger partial charge < -0.3 is 5.32 Å². The van der Waals surface area contributed by atoms with Gasteiger partial charge in [-0.05, 0) is 25.1 Å². The van der Waals surface area contributed by atoms with Crippen LogP contribution in [0.1, 0.15) is 34.7 Å². The van der Waals surface area contributed by atoms with Crippen LogP contribution < -0.4 is 5.32 Å². The van der Waals surface area contributed by atoms with Gasteiger partial charge in [0.25, 0.3) is 5.91 Å². The molecule has 1 N–H and O–H groups in total. The molecule has 0 fully saturated rings. The van der Waals surface area contributed by atoms with Crippen molar-refractivity contribution in [2.24, 2.45) is 0 Å². The van der Waals surface area contributed by atoms with E-state index in [4.69, 9.17) is 16.9 Å². The summed E-state index contributed by atoms with van der Waals surface area (Å²) in [5.74, 6) is 0.802. The molecule has 1 amide bonds. The Morgan fingerprint density at radius 2 is 2.29 bits per heavy atom. The lowest BCUT2D eigenvalue weighted by molar-refractivity contribution is 0.0938. The number of hydrogen-bond donors (Lipinski definition) is 1. The molecule has 0 bridgehead atoms. The fraction of sp³-hybridized carbons (Fsp3) is 0.133. The summed E-state index contributed by atoms with van der Waals surface area (Å²) in [5, 5.41) is 17.5. The number of nitrogens with zero attached hydrogens (tertiary/aromatic N) is 5. The van der Waals surface area contributed by atoms with Crippen molar-refractivity contribution in [1.29, 1.82) is 5.26 Å². The van der Waals surface area contributed by atoms with Crippen molar-refractivity contribution in [2.45, 2.75) is 13.0 Å². The van der Waals surface area contributed by atoms with Gasteiger partial charge in [-0.1, -0.05) is 11.6 Å². The van der Waals surface area contributed by atoms with Crippen molar-refractivity contribution in [2.75, 3.05) is 0 Å². The largest absolute Gasteiger partial charge is 0.342 e. The molecule has 3 heterocycles. The minimum atomic E-state index is -0.392. The van der Waals surface area contributed by atoms with E-state index in [2.05, 4.69) is 20.4 Å². The first-order chi connectivity index (χ1) is 11.6. The third kappa shape index (κ3) is 3.27. The van der Waals surface area contributed by atoms with Gasteiger partial charge in [0.05, 0.1) is 21.5 Å². The second-order valence-corrected chi connectivity index (χ2v) is 6.42. The first-order valence-corrected chi connectivity index (χ1v) is 8.15. The average molecular weight is 359 g/mol. The van der Waals surface area contributed by atoms with Crippen LogP contribution in [0.5, 0.6) is 0 Å². The quantitative estimate of drug-likeness (QED) is 0.773.